The van der Waals surface area contributed by atoms with Crippen LogP contribution in [-0.4, -0.2) is 52.4 Å². The number of carbonyl (C=O) groups excluding carboxylic acids is 1. The van der Waals surface area contributed by atoms with E-state index in [0.29, 0.717) is 32.1 Å². The fourth-order valence-corrected chi connectivity index (χ4v) is 3.37. The van der Waals surface area contributed by atoms with E-state index >= 15 is 0 Å². The third-order valence-corrected chi connectivity index (χ3v) is 4.88. The number of thioether (sulfide) groups is 1. The van der Waals surface area contributed by atoms with Gasteiger partial charge in [0.25, 0.3) is 0 Å². The van der Waals surface area contributed by atoms with Gasteiger partial charge < -0.3 is 9.64 Å². The first-order chi connectivity index (χ1) is 10.7. The van der Waals surface area contributed by atoms with Crippen molar-refractivity contribution < 1.29 is 9.53 Å². The van der Waals surface area contributed by atoms with Crippen LogP contribution in [0, 0.1) is 0 Å². The Morgan fingerprint density at radius 2 is 2.00 bits per heavy atom. The van der Waals surface area contributed by atoms with Gasteiger partial charge in [-0.1, -0.05) is 27.7 Å². The fraction of sp³-hybridized carbons (Fsp3) is 0.333. The molecule has 0 aliphatic carbocycles. The predicted molar refractivity (Wildman–Crippen MR) is 89.4 cm³/mol. The molecule has 0 saturated carbocycles. The number of halogens is 1. The highest BCUT2D eigenvalue weighted by atomic mass is 79.9. The maximum absolute atomic E-state index is 12.2. The van der Waals surface area contributed by atoms with Crippen molar-refractivity contribution in [1.29, 1.82) is 0 Å². The van der Waals surface area contributed by atoms with Crippen molar-refractivity contribution >= 4 is 33.6 Å². The molecular formula is C15H16BrN3O2S. The van der Waals surface area contributed by atoms with Crippen LogP contribution in [0.4, 0.5) is 0 Å². The van der Waals surface area contributed by atoms with E-state index in [1.807, 2.05) is 39.9 Å². The molecule has 1 aromatic heterocycles. The molecule has 1 aliphatic rings. The van der Waals surface area contributed by atoms with Gasteiger partial charge in [-0.05, 0) is 24.3 Å². The van der Waals surface area contributed by atoms with E-state index in [1.165, 1.54) is 11.8 Å². The van der Waals surface area contributed by atoms with E-state index in [1.54, 1.807) is 6.20 Å². The van der Waals surface area contributed by atoms with Gasteiger partial charge in [-0.3, -0.25) is 9.36 Å². The zero-order valence-electron chi connectivity index (χ0n) is 11.9. The van der Waals surface area contributed by atoms with E-state index in [-0.39, 0.29) is 5.91 Å². The van der Waals surface area contributed by atoms with Crippen molar-refractivity contribution in [2.75, 3.05) is 32.1 Å². The third-order valence-electron chi connectivity index (χ3n) is 3.40. The van der Waals surface area contributed by atoms with Crippen molar-refractivity contribution in [2.45, 2.75) is 5.16 Å². The van der Waals surface area contributed by atoms with Crippen molar-refractivity contribution in [3.63, 3.8) is 0 Å². The second-order valence-electron chi connectivity index (χ2n) is 4.84. The lowest BCUT2D eigenvalue weighted by atomic mass is 10.3. The van der Waals surface area contributed by atoms with E-state index in [9.17, 15) is 4.79 Å². The molecule has 1 fully saturated rings. The monoisotopic (exact) mass is 381 g/mol. The summed E-state index contributed by atoms with van der Waals surface area (Å²) in [4.78, 5) is 18.4. The molecule has 0 unspecified atom stereocenters. The zero-order chi connectivity index (χ0) is 15.4. The number of ether oxygens (including phenoxy) is 1. The van der Waals surface area contributed by atoms with Crippen LogP contribution in [0.15, 0.2) is 46.3 Å². The Hall–Kier alpha value is -1.31. The highest BCUT2D eigenvalue weighted by Crippen LogP contribution is 2.22. The molecule has 0 radical (unpaired) electrons. The minimum Gasteiger partial charge on any atom is -0.378 e. The fourth-order valence-electron chi connectivity index (χ4n) is 2.23. The number of amides is 1. The summed E-state index contributed by atoms with van der Waals surface area (Å²) in [5.74, 6) is 0.534. The van der Waals surface area contributed by atoms with Crippen molar-refractivity contribution in [3.8, 4) is 5.69 Å². The lowest BCUT2D eigenvalue weighted by Gasteiger charge is -2.26. The third kappa shape index (κ3) is 3.71. The number of rotatable bonds is 4. The average molecular weight is 382 g/mol. The number of benzene rings is 1. The summed E-state index contributed by atoms with van der Waals surface area (Å²) in [5.41, 5.74) is 1.03. The molecule has 2 aromatic rings. The van der Waals surface area contributed by atoms with E-state index in [4.69, 9.17) is 4.74 Å². The molecule has 2 heterocycles. The zero-order valence-corrected chi connectivity index (χ0v) is 14.3. The van der Waals surface area contributed by atoms with Gasteiger partial charge in [0.05, 0.1) is 19.0 Å². The van der Waals surface area contributed by atoms with Crippen molar-refractivity contribution in [2.24, 2.45) is 0 Å². The summed E-state index contributed by atoms with van der Waals surface area (Å²) >= 11 is 4.89. The van der Waals surface area contributed by atoms with Gasteiger partial charge in [-0.2, -0.15) is 0 Å². The first-order valence-corrected chi connectivity index (χ1v) is 8.79. The minimum atomic E-state index is 0.138. The van der Waals surface area contributed by atoms with Gasteiger partial charge in [0, 0.05) is 35.6 Å². The molecule has 1 amide bonds. The molecular weight excluding hydrogens is 366 g/mol. The number of hydrogen-bond donors (Lipinski definition) is 0. The van der Waals surface area contributed by atoms with E-state index in [2.05, 4.69) is 20.9 Å². The second kappa shape index (κ2) is 7.30. The van der Waals surface area contributed by atoms with E-state index < -0.39 is 0 Å². The van der Waals surface area contributed by atoms with Crippen LogP contribution in [0.1, 0.15) is 0 Å². The molecule has 22 heavy (non-hydrogen) atoms. The Bertz CT molecular complexity index is 638. The van der Waals surface area contributed by atoms with Crippen LogP contribution in [-0.2, 0) is 9.53 Å². The summed E-state index contributed by atoms with van der Waals surface area (Å²) < 4.78 is 8.29. The summed E-state index contributed by atoms with van der Waals surface area (Å²) in [5, 5.41) is 0.823. The Labute approximate surface area is 141 Å². The lowest BCUT2D eigenvalue weighted by Crippen LogP contribution is -2.41. The second-order valence-corrected chi connectivity index (χ2v) is 6.70. The Morgan fingerprint density at radius 3 is 2.73 bits per heavy atom. The van der Waals surface area contributed by atoms with Crippen LogP contribution in [0.3, 0.4) is 0 Å². The minimum absolute atomic E-state index is 0.138. The van der Waals surface area contributed by atoms with Crippen LogP contribution in [0.25, 0.3) is 5.69 Å². The quantitative estimate of drug-likeness (QED) is 0.763. The van der Waals surface area contributed by atoms with Crippen molar-refractivity contribution in [3.05, 3.63) is 41.1 Å². The first kappa shape index (κ1) is 15.6. The van der Waals surface area contributed by atoms with Crippen LogP contribution in [0.5, 0.6) is 0 Å². The topological polar surface area (TPSA) is 47.4 Å². The molecule has 1 aliphatic heterocycles. The number of carbonyl (C=O) groups is 1. The molecule has 7 heteroatoms. The predicted octanol–water partition coefficient (Wildman–Crippen LogP) is 2.59. The molecule has 1 saturated heterocycles. The molecule has 1 aromatic carbocycles. The summed E-state index contributed by atoms with van der Waals surface area (Å²) in [6.45, 7) is 2.62. The molecule has 3 rings (SSSR count). The van der Waals surface area contributed by atoms with Gasteiger partial charge in [-0.25, -0.2) is 4.98 Å². The maximum Gasteiger partial charge on any atom is 0.233 e. The number of nitrogens with zero attached hydrogens (tertiary/aromatic N) is 3. The standard InChI is InChI=1S/C15H16BrN3O2S/c16-12-1-3-13(4-2-12)19-6-5-17-15(19)22-11-14(20)18-7-9-21-10-8-18/h1-6H,7-11H2. The first-order valence-electron chi connectivity index (χ1n) is 7.01. The number of hydrogen-bond acceptors (Lipinski definition) is 4. The molecule has 0 spiro atoms. The largest absolute Gasteiger partial charge is 0.378 e. The summed E-state index contributed by atoms with van der Waals surface area (Å²) in [6.07, 6.45) is 3.66. The highest BCUT2D eigenvalue weighted by Gasteiger charge is 2.17. The summed E-state index contributed by atoms with van der Waals surface area (Å²) in [7, 11) is 0. The van der Waals surface area contributed by atoms with Gasteiger partial charge in [0.2, 0.25) is 5.91 Å². The number of imidazole rings is 1. The van der Waals surface area contributed by atoms with Gasteiger partial charge >= 0.3 is 0 Å². The molecule has 0 N–H and O–H groups in total. The maximum atomic E-state index is 12.2. The highest BCUT2D eigenvalue weighted by molar-refractivity contribution is 9.10. The van der Waals surface area contributed by atoms with E-state index in [0.717, 1.165) is 15.3 Å². The Morgan fingerprint density at radius 1 is 1.27 bits per heavy atom. The van der Waals surface area contributed by atoms with Crippen LogP contribution < -0.4 is 0 Å². The van der Waals surface area contributed by atoms with Gasteiger partial charge in [0.1, 0.15) is 0 Å². The summed E-state index contributed by atoms with van der Waals surface area (Å²) in [6, 6.07) is 8.00. The van der Waals surface area contributed by atoms with Crippen LogP contribution in [0.2, 0.25) is 0 Å². The lowest BCUT2D eigenvalue weighted by molar-refractivity contribution is -0.132. The molecule has 0 bridgehead atoms. The SMILES string of the molecule is O=C(CSc1nccn1-c1ccc(Br)cc1)N1CCOCC1. The van der Waals surface area contributed by atoms with Crippen LogP contribution >= 0.6 is 27.7 Å². The van der Waals surface area contributed by atoms with Gasteiger partial charge in [0.15, 0.2) is 5.16 Å². The molecule has 5 nitrogen and oxygen atoms in total. The molecule has 0 atom stereocenters. The molecule has 116 valence electrons. The normalized spacial score (nSPS) is 15.0. The van der Waals surface area contributed by atoms with Crippen molar-refractivity contribution in [1.82, 2.24) is 14.5 Å². The number of aromatic nitrogens is 2. The van der Waals surface area contributed by atoms with Gasteiger partial charge in [-0.15, -0.1) is 0 Å². The number of morpholine rings is 1. The smallest absolute Gasteiger partial charge is 0.233 e. The average Bonchev–Trinajstić information content (AvgIpc) is 3.02. The Kier molecular flexibility index (Phi) is 5.17. The Balaban J connectivity index is 1.65.